The lowest BCUT2D eigenvalue weighted by Crippen LogP contribution is -2.21. The van der Waals surface area contributed by atoms with E-state index in [-0.39, 0.29) is 0 Å². The van der Waals surface area contributed by atoms with Crippen molar-refractivity contribution in [3.05, 3.63) is 35.9 Å². The van der Waals surface area contributed by atoms with Gasteiger partial charge in [0.15, 0.2) is 0 Å². The number of rotatable bonds is 3. The Hall–Kier alpha value is -0.900. The highest BCUT2D eigenvalue weighted by atomic mass is 16.4. The van der Waals surface area contributed by atoms with Crippen LogP contribution >= 0.6 is 0 Å². The van der Waals surface area contributed by atoms with E-state index in [0.717, 1.165) is 0 Å². The van der Waals surface area contributed by atoms with E-state index in [9.17, 15) is 5.11 Å². The molecule has 0 amide bonds. The summed E-state index contributed by atoms with van der Waals surface area (Å²) >= 11 is 0. The van der Waals surface area contributed by atoms with Gasteiger partial charge >= 0.3 is 0 Å². The fraction of sp³-hybridized carbons (Fsp3) is 0.333. The Morgan fingerprint density at radius 3 is 2.17 bits per heavy atom. The second-order valence-electron chi connectivity index (χ2n) is 2.61. The number of aliphatic hydroxyl groups excluding tert-OH is 3. The summed E-state index contributed by atoms with van der Waals surface area (Å²) in [5, 5.41) is 27.0. The molecule has 3 N–H and O–H groups in total. The van der Waals surface area contributed by atoms with Crippen LogP contribution in [0.2, 0.25) is 0 Å². The van der Waals surface area contributed by atoms with Gasteiger partial charge in [0.05, 0.1) is 6.61 Å². The van der Waals surface area contributed by atoms with E-state index in [1.165, 1.54) is 0 Å². The first-order valence-electron chi connectivity index (χ1n) is 3.77. The number of aliphatic hydroxyl groups is 3. The highest BCUT2D eigenvalue weighted by Crippen LogP contribution is 2.15. The predicted molar refractivity (Wildman–Crippen MR) is 44.5 cm³/mol. The third-order valence-corrected chi connectivity index (χ3v) is 1.69. The minimum atomic E-state index is -1.10. The molecule has 12 heavy (non-hydrogen) atoms. The molecule has 3 heteroatoms. The smallest absolute Gasteiger partial charge is 0.107 e. The lowest BCUT2D eigenvalue weighted by molar-refractivity contribution is -0.0152. The molecular formula is C9H12O3. The summed E-state index contributed by atoms with van der Waals surface area (Å²) in [4.78, 5) is 0. The Morgan fingerprint density at radius 1 is 1.08 bits per heavy atom. The number of benzene rings is 1. The zero-order chi connectivity index (χ0) is 8.97. The van der Waals surface area contributed by atoms with Gasteiger partial charge in [0.25, 0.3) is 0 Å². The lowest BCUT2D eigenvalue weighted by Gasteiger charge is -2.15. The number of hydrogen-bond donors (Lipinski definition) is 3. The monoisotopic (exact) mass is 168 g/mol. The first kappa shape index (κ1) is 9.19. The zero-order valence-electron chi connectivity index (χ0n) is 6.59. The highest BCUT2D eigenvalue weighted by Gasteiger charge is 2.16. The van der Waals surface area contributed by atoms with Crippen molar-refractivity contribution in [2.75, 3.05) is 6.61 Å². The van der Waals surface area contributed by atoms with Crippen molar-refractivity contribution in [3.8, 4) is 0 Å². The zero-order valence-corrected chi connectivity index (χ0v) is 6.59. The maximum atomic E-state index is 9.38. The van der Waals surface area contributed by atoms with Crippen LogP contribution in [-0.4, -0.2) is 28.0 Å². The van der Waals surface area contributed by atoms with Crippen molar-refractivity contribution in [2.24, 2.45) is 0 Å². The average Bonchev–Trinajstić information content (AvgIpc) is 2.17. The third-order valence-electron chi connectivity index (χ3n) is 1.69. The van der Waals surface area contributed by atoms with Crippen molar-refractivity contribution < 1.29 is 15.3 Å². The molecule has 2 atom stereocenters. The molecule has 0 aliphatic carbocycles. The molecule has 0 bridgehead atoms. The van der Waals surface area contributed by atoms with E-state index in [0.29, 0.717) is 5.56 Å². The summed E-state index contributed by atoms with van der Waals surface area (Å²) < 4.78 is 0. The first-order chi connectivity index (χ1) is 5.75. The summed E-state index contributed by atoms with van der Waals surface area (Å²) in [6, 6.07) is 8.75. The van der Waals surface area contributed by atoms with Crippen LogP contribution in [0, 0.1) is 0 Å². The van der Waals surface area contributed by atoms with Crippen LogP contribution in [-0.2, 0) is 0 Å². The molecule has 0 unspecified atom stereocenters. The molecule has 1 aromatic rings. The van der Waals surface area contributed by atoms with Gasteiger partial charge in [0.1, 0.15) is 12.2 Å². The van der Waals surface area contributed by atoms with E-state index in [4.69, 9.17) is 10.2 Å². The van der Waals surface area contributed by atoms with Gasteiger partial charge in [-0.2, -0.15) is 0 Å². The molecule has 0 heterocycles. The number of hydrogen-bond acceptors (Lipinski definition) is 3. The Kier molecular flexibility index (Phi) is 3.22. The summed E-state index contributed by atoms with van der Waals surface area (Å²) in [7, 11) is 0. The summed E-state index contributed by atoms with van der Waals surface area (Å²) in [5.74, 6) is 0. The Balaban J connectivity index is 2.71. The minimum Gasteiger partial charge on any atom is -0.394 e. The van der Waals surface area contributed by atoms with Gasteiger partial charge < -0.3 is 15.3 Å². The standard InChI is InChI=1S/C9H12O3/c10-6-8(11)9(12)7-4-2-1-3-5-7/h1-5,8-12H,6H2/t8-,9-/m0/s1. The topological polar surface area (TPSA) is 60.7 Å². The molecule has 0 aromatic heterocycles. The molecule has 0 aliphatic rings. The van der Waals surface area contributed by atoms with Crippen LogP contribution in [0.4, 0.5) is 0 Å². The lowest BCUT2D eigenvalue weighted by atomic mass is 10.1. The molecule has 0 spiro atoms. The van der Waals surface area contributed by atoms with Gasteiger partial charge in [-0.15, -0.1) is 0 Å². The Bertz CT molecular complexity index is 222. The van der Waals surface area contributed by atoms with Gasteiger partial charge in [-0.25, -0.2) is 0 Å². The summed E-state index contributed by atoms with van der Waals surface area (Å²) in [6.45, 7) is -0.434. The van der Waals surface area contributed by atoms with Crippen LogP contribution in [0.3, 0.4) is 0 Å². The van der Waals surface area contributed by atoms with Crippen LogP contribution in [0.25, 0.3) is 0 Å². The molecule has 0 saturated heterocycles. The maximum absolute atomic E-state index is 9.38. The third kappa shape index (κ3) is 2.04. The van der Waals surface area contributed by atoms with Gasteiger partial charge in [-0.3, -0.25) is 0 Å². The van der Waals surface area contributed by atoms with E-state index in [1.54, 1.807) is 24.3 Å². The van der Waals surface area contributed by atoms with Gasteiger partial charge in [0, 0.05) is 0 Å². The van der Waals surface area contributed by atoms with Crippen LogP contribution in [0.1, 0.15) is 11.7 Å². The maximum Gasteiger partial charge on any atom is 0.107 e. The summed E-state index contributed by atoms with van der Waals surface area (Å²) in [5.41, 5.74) is 0.610. The Morgan fingerprint density at radius 2 is 1.67 bits per heavy atom. The highest BCUT2D eigenvalue weighted by molar-refractivity contribution is 5.18. The van der Waals surface area contributed by atoms with Crippen molar-refractivity contribution in [2.45, 2.75) is 12.2 Å². The fourth-order valence-electron chi connectivity index (χ4n) is 0.972. The normalized spacial score (nSPS) is 15.6. The van der Waals surface area contributed by atoms with Crippen molar-refractivity contribution in [3.63, 3.8) is 0 Å². The van der Waals surface area contributed by atoms with Crippen LogP contribution in [0.15, 0.2) is 30.3 Å². The molecule has 1 rings (SSSR count). The first-order valence-corrected chi connectivity index (χ1v) is 3.77. The van der Waals surface area contributed by atoms with E-state index < -0.39 is 18.8 Å². The summed E-state index contributed by atoms with van der Waals surface area (Å²) in [6.07, 6.45) is -2.11. The van der Waals surface area contributed by atoms with E-state index >= 15 is 0 Å². The quantitative estimate of drug-likeness (QED) is 0.598. The van der Waals surface area contributed by atoms with E-state index in [1.807, 2.05) is 6.07 Å². The molecule has 0 fully saturated rings. The predicted octanol–water partition coefficient (Wildman–Crippen LogP) is 0.0732. The van der Waals surface area contributed by atoms with Crippen LogP contribution < -0.4 is 0 Å². The Labute approximate surface area is 70.9 Å². The van der Waals surface area contributed by atoms with Crippen molar-refractivity contribution in [1.82, 2.24) is 0 Å². The molecule has 0 saturated carbocycles. The molecular weight excluding hydrogens is 156 g/mol. The van der Waals surface area contributed by atoms with Crippen molar-refractivity contribution >= 4 is 0 Å². The van der Waals surface area contributed by atoms with E-state index in [2.05, 4.69) is 0 Å². The van der Waals surface area contributed by atoms with Gasteiger partial charge in [-0.05, 0) is 5.56 Å². The second kappa shape index (κ2) is 4.21. The second-order valence-corrected chi connectivity index (χ2v) is 2.61. The van der Waals surface area contributed by atoms with Crippen LogP contribution in [0.5, 0.6) is 0 Å². The largest absolute Gasteiger partial charge is 0.394 e. The average molecular weight is 168 g/mol. The molecule has 0 radical (unpaired) electrons. The fourth-order valence-corrected chi connectivity index (χ4v) is 0.972. The SMILES string of the molecule is OC[C@H](O)[C@@H](O)c1ccccc1. The molecule has 3 nitrogen and oxygen atoms in total. The molecule has 0 aliphatic heterocycles. The van der Waals surface area contributed by atoms with Crippen molar-refractivity contribution in [1.29, 1.82) is 0 Å². The van der Waals surface area contributed by atoms with Gasteiger partial charge in [0.2, 0.25) is 0 Å². The van der Waals surface area contributed by atoms with Gasteiger partial charge in [-0.1, -0.05) is 30.3 Å². The molecule has 1 aromatic carbocycles. The minimum absolute atomic E-state index is 0.434. The molecule has 66 valence electrons.